The fourth-order valence-corrected chi connectivity index (χ4v) is 2.73. The number of ether oxygens (including phenoxy) is 2. The van der Waals surface area contributed by atoms with E-state index in [2.05, 4.69) is 24.8 Å². The molecule has 0 aromatic heterocycles. The number of hydrogen-bond donors (Lipinski definition) is 1. The molecule has 1 heterocycles. The smallest absolute Gasteiger partial charge is 0.122 e. The van der Waals surface area contributed by atoms with Crippen molar-refractivity contribution in [2.75, 3.05) is 33.4 Å². The van der Waals surface area contributed by atoms with Crippen LogP contribution in [0, 0.1) is 0 Å². The molecule has 1 saturated heterocycles. The number of para-hydroxylation sites is 1. The van der Waals surface area contributed by atoms with Crippen molar-refractivity contribution >= 4 is 0 Å². The molecular formula is C16H26N2O2. The minimum atomic E-state index is -0.0510. The zero-order chi connectivity index (χ0) is 14.6. The van der Waals surface area contributed by atoms with Gasteiger partial charge in [0.15, 0.2) is 0 Å². The number of methoxy groups -OCH3 is 1. The zero-order valence-corrected chi connectivity index (χ0v) is 12.8. The lowest BCUT2D eigenvalue weighted by atomic mass is 9.87. The van der Waals surface area contributed by atoms with E-state index in [1.54, 1.807) is 7.11 Å². The zero-order valence-electron chi connectivity index (χ0n) is 12.8. The van der Waals surface area contributed by atoms with Gasteiger partial charge in [0.1, 0.15) is 5.75 Å². The van der Waals surface area contributed by atoms with Gasteiger partial charge in [-0.2, -0.15) is 0 Å². The number of nitrogens with zero attached hydrogens (tertiary/aromatic N) is 1. The highest BCUT2D eigenvalue weighted by Crippen LogP contribution is 2.25. The number of hydrogen-bond acceptors (Lipinski definition) is 4. The van der Waals surface area contributed by atoms with Gasteiger partial charge in [0.25, 0.3) is 0 Å². The van der Waals surface area contributed by atoms with Crippen LogP contribution in [0.4, 0.5) is 0 Å². The van der Waals surface area contributed by atoms with Crippen LogP contribution < -0.4 is 10.5 Å². The van der Waals surface area contributed by atoms with Gasteiger partial charge in [0, 0.05) is 24.7 Å². The second kappa shape index (κ2) is 6.57. The highest BCUT2D eigenvalue weighted by atomic mass is 16.5. The Morgan fingerprint density at radius 2 is 1.95 bits per heavy atom. The maximum Gasteiger partial charge on any atom is 0.122 e. The van der Waals surface area contributed by atoms with Crippen LogP contribution in [0.1, 0.15) is 19.4 Å². The molecule has 4 heteroatoms. The minimum Gasteiger partial charge on any atom is -0.496 e. The van der Waals surface area contributed by atoms with Crippen LogP contribution in [0.5, 0.6) is 5.75 Å². The quantitative estimate of drug-likeness (QED) is 0.890. The van der Waals surface area contributed by atoms with Crippen molar-refractivity contribution in [3.63, 3.8) is 0 Å². The summed E-state index contributed by atoms with van der Waals surface area (Å²) in [6.45, 7) is 7.94. The molecule has 0 radical (unpaired) electrons. The Kier molecular flexibility index (Phi) is 5.02. The predicted octanol–water partition coefficient (Wildman–Crippen LogP) is 1.68. The average Bonchev–Trinajstić information content (AvgIpc) is 2.48. The Balaban J connectivity index is 2.07. The van der Waals surface area contributed by atoms with Gasteiger partial charge in [-0.1, -0.05) is 18.2 Å². The second-order valence-corrected chi connectivity index (χ2v) is 5.88. The topological polar surface area (TPSA) is 47.7 Å². The summed E-state index contributed by atoms with van der Waals surface area (Å²) in [6.07, 6.45) is 0.814. The van der Waals surface area contributed by atoms with Gasteiger partial charge in [0.05, 0.1) is 20.3 Å². The molecule has 2 N–H and O–H groups in total. The molecule has 0 aliphatic carbocycles. The Bertz CT molecular complexity index is 428. The van der Waals surface area contributed by atoms with Crippen LogP contribution in [-0.4, -0.2) is 49.9 Å². The lowest BCUT2D eigenvalue weighted by molar-refractivity contribution is -0.0186. The van der Waals surface area contributed by atoms with Crippen LogP contribution in [-0.2, 0) is 11.2 Å². The first kappa shape index (κ1) is 15.3. The summed E-state index contributed by atoms with van der Waals surface area (Å²) in [5, 5.41) is 0. The van der Waals surface area contributed by atoms with Crippen LogP contribution in [0.3, 0.4) is 0 Å². The molecule has 20 heavy (non-hydrogen) atoms. The second-order valence-electron chi connectivity index (χ2n) is 5.88. The van der Waals surface area contributed by atoms with E-state index in [9.17, 15) is 0 Å². The summed E-state index contributed by atoms with van der Waals surface area (Å²) in [5.41, 5.74) is 7.62. The molecule has 0 amide bonds. The third-order valence-corrected chi connectivity index (χ3v) is 4.37. The summed E-state index contributed by atoms with van der Waals surface area (Å²) in [7, 11) is 1.71. The van der Waals surface area contributed by atoms with Crippen molar-refractivity contribution in [2.45, 2.75) is 31.8 Å². The third-order valence-electron chi connectivity index (χ3n) is 4.37. The number of morpholine rings is 1. The summed E-state index contributed by atoms with van der Waals surface area (Å²) in [5.74, 6) is 0.917. The summed E-state index contributed by atoms with van der Waals surface area (Å²) in [6, 6.07) is 8.16. The van der Waals surface area contributed by atoms with Gasteiger partial charge < -0.3 is 15.2 Å². The van der Waals surface area contributed by atoms with E-state index in [1.165, 1.54) is 5.56 Å². The molecule has 1 aromatic carbocycles. The molecule has 4 nitrogen and oxygen atoms in total. The third kappa shape index (κ3) is 3.32. The molecule has 1 unspecified atom stereocenters. The fourth-order valence-electron chi connectivity index (χ4n) is 2.73. The Morgan fingerprint density at radius 3 is 2.60 bits per heavy atom. The molecule has 0 saturated carbocycles. The largest absolute Gasteiger partial charge is 0.496 e. The minimum absolute atomic E-state index is 0.0510. The number of nitrogens with two attached hydrogens (primary N) is 1. The van der Waals surface area contributed by atoms with Gasteiger partial charge in [-0.25, -0.2) is 0 Å². The first-order chi connectivity index (χ1) is 9.55. The van der Waals surface area contributed by atoms with Gasteiger partial charge in [0.2, 0.25) is 0 Å². The molecule has 0 spiro atoms. The first-order valence-electron chi connectivity index (χ1n) is 7.26. The molecular weight excluding hydrogens is 252 g/mol. The lowest BCUT2D eigenvalue weighted by Crippen LogP contribution is -2.59. The van der Waals surface area contributed by atoms with E-state index in [1.807, 2.05) is 18.2 Å². The van der Waals surface area contributed by atoms with Crippen molar-refractivity contribution in [3.05, 3.63) is 29.8 Å². The highest BCUT2D eigenvalue weighted by molar-refractivity contribution is 5.34. The predicted molar refractivity (Wildman–Crippen MR) is 81.1 cm³/mol. The molecule has 1 aromatic rings. The van der Waals surface area contributed by atoms with Crippen LogP contribution in [0.2, 0.25) is 0 Å². The maximum absolute atomic E-state index is 6.50. The van der Waals surface area contributed by atoms with E-state index >= 15 is 0 Å². The summed E-state index contributed by atoms with van der Waals surface area (Å²) < 4.78 is 10.8. The van der Waals surface area contributed by atoms with Gasteiger partial charge in [-0.15, -0.1) is 0 Å². The molecule has 0 bridgehead atoms. The van der Waals surface area contributed by atoms with Crippen molar-refractivity contribution in [1.82, 2.24) is 4.90 Å². The van der Waals surface area contributed by atoms with Gasteiger partial charge >= 0.3 is 0 Å². The van der Waals surface area contributed by atoms with Crippen molar-refractivity contribution in [3.8, 4) is 5.75 Å². The normalized spacial score (nSPS) is 18.8. The molecule has 112 valence electrons. The number of rotatable bonds is 5. The lowest BCUT2D eigenvalue weighted by Gasteiger charge is -2.44. The average molecular weight is 278 g/mol. The van der Waals surface area contributed by atoms with E-state index in [0.717, 1.165) is 38.5 Å². The molecule has 2 rings (SSSR count). The summed E-state index contributed by atoms with van der Waals surface area (Å²) in [4.78, 5) is 2.43. The van der Waals surface area contributed by atoms with E-state index in [4.69, 9.17) is 15.2 Å². The Hall–Kier alpha value is -1.10. The summed E-state index contributed by atoms with van der Waals surface area (Å²) >= 11 is 0. The van der Waals surface area contributed by atoms with Gasteiger partial charge in [-0.3, -0.25) is 4.90 Å². The monoisotopic (exact) mass is 278 g/mol. The van der Waals surface area contributed by atoms with Gasteiger partial charge in [-0.05, 0) is 31.9 Å². The molecule has 1 fully saturated rings. The first-order valence-corrected chi connectivity index (χ1v) is 7.26. The van der Waals surface area contributed by atoms with Crippen LogP contribution in [0.15, 0.2) is 24.3 Å². The Labute approximate surface area is 121 Å². The van der Waals surface area contributed by atoms with Crippen molar-refractivity contribution in [1.29, 1.82) is 0 Å². The standard InChI is InChI=1S/C16H26N2O2/c1-16(2,18-8-10-20-11-9-18)15(17)12-13-6-4-5-7-14(13)19-3/h4-7,15H,8-12,17H2,1-3H3. The Morgan fingerprint density at radius 1 is 1.30 bits per heavy atom. The van der Waals surface area contributed by atoms with E-state index in [0.29, 0.717) is 0 Å². The SMILES string of the molecule is COc1ccccc1CC(N)C(C)(C)N1CCOCC1. The van der Waals surface area contributed by atoms with Crippen LogP contribution in [0.25, 0.3) is 0 Å². The fraction of sp³-hybridized carbons (Fsp3) is 0.625. The molecule has 1 aliphatic heterocycles. The number of benzene rings is 1. The van der Waals surface area contributed by atoms with Crippen LogP contribution >= 0.6 is 0 Å². The van der Waals surface area contributed by atoms with E-state index in [-0.39, 0.29) is 11.6 Å². The van der Waals surface area contributed by atoms with Crippen molar-refractivity contribution < 1.29 is 9.47 Å². The maximum atomic E-state index is 6.50. The molecule has 1 aliphatic rings. The van der Waals surface area contributed by atoms with Crippen molar-refractivity contribution in [2.24, 2.45) is 5.73 Å². The molecule has 1 atom stereocenters. The van der Waals surface area contributed by atoms with E-state index < -0.39 is 0 Å². The highest BCUT2D eigenvalue weighted by Gasteiger charge is 2.34.